The van der Waals surface area contributed by atoms with Crippen molar-refractivity contribution in [2.24, 2.45) is 11.8 Å². The van der Waals surface area contributed by atoms with Crippen molar-refractivity contribution in [3.63, 3.8) is 0 Å². The third-order valence-corrected chi connectivity index (χ3v) is 8.61. The molecule has 5 atom stereocenters. The van der Waals surface area contributed by atoms with Gasteiger partial charge in [-0.25, -0.2) is 0 Å². The van der Waals surface area contributed by atoms with Crippen molar-refractivity contribution < 1.29 is 0 Å². The molecule has 0 aromatic heterocycles. The predicted octanol–water partition coefficient (Wildman–Crippen LogP) is 5.24. The van der Waals surface area contributed by atoms with Crippen molar-refractivity contribution in [2.45, 2.75) is 19.5 Å². The lowest BCUT2D eigenvalue weighted by Crippen LogP contribution is -2.45. The molecule has 0 nitrogen and oxygen atoms in total. The van der Waals surface area contributed by atoms with Crippen LogP contribution in [0.1, 0.15) is 0 Å². The second kappa shape index (κ2) is 3.58. The van der Waals surface area contributed by atoms with Gasteiger partial charge in [-0.1, -0.05) is 58.6 Å². The first-order valence-corrected chi connectivity index (χ1v) is 7.55. The number of hydrogen-bond donors (Lipinski definition) is 0. The maximum absolute atomic E-state index is 6.57. The first-order chi connectivity index (χ1) is 7.70. The molecule has 17 heavy (non-hydrogen) atoms. The first-order valence-electron chi connectivity index (χ1n) is 4.85. The molecule has 3 aliphatic carbocycles. The maximum Gasteiger partial charge on any atom is 0.167 e. The summed E-state index contributed by atoms with van der Waals surface area (Å²) in [4.78, 5) is -2.45. The van der Waals surface area contributed by atoms with Crippen molar-refractivity contribution in [2.75, 3.05) is 0 Å². The summed E-state index contributed by atoms with van der Waals surface area (Å²) >= 11 is 44.5. The van der Waals surface area contributed by atoms with Gasteiger partial charge in [0.05, 0.1) is 15.4 Å². The van der Waals surface area contributed by atoms with Crippen LogP contribution < -0.4 is 0 Å². The van der Waals surface area contributed by atoms with E-state index in [0.717, 1.165) is 0 Å². The summed E-state index contributed by atoms with van der Waals surface area (Å²) in [5.41, 5.74) is 0. The molecule has 0 aromatic rings. The molecular weight excluding hydrogens is 368 g/mol. The van der Waals surface area contributed by atoms with E-state index in [2.05, 4.69) is 0 Å². The zero-order valence-corrected chi connectivity index (χ0v) is 13.3. The number of fused-ring (bicyclic) bond motifs is 5. The quantitative estimate of drug-likeness (QED) is 0.402. The molecule has 1 saturated carbocycles. The Bertz CT molecular complexity index is 467. The Balaban J connectivity index is 2.32. The zero-order chi connectivity index (χ0) is 12.8. The Kier molecular flexibility index (Phi) is 2.84. The van der Waals surface area contributed by atoms with Gasteiger partial charge in [-0.3, -0.25) is 0 Å². The van der Waals surface area contributed by atoms with E-state index in [9.17, 15) is 0 Å². The van der Waals surface area contributed by atoms with Crippen LogP contribution in [-0.2, 0) is 0 Å². The van der Waals surface area contributed by atoms with Crippen LogP contribution in [-0.4, -0.2) is 19.5 Å². The Morgan fingerprint density at radius 1 is 0.882 bits per heavy atom. The van der Waals surface area contributed by atoms with Crippen molar-refractivity contribution in [1.29, 1.82) is 0 Å². The van der Waals surface area contributed by atoms with E-state index in [4.69, 9.17) is 81.2 Å². The molecule has 0 amide bonds. The van der Waals surface area contributed by atoms with E-state index in [-0.39, 0.29) is 27.3 Å². The molecule has 94 valence electrons. The minimum absolute atomic E-state index is 0.205. The molecule has 0 spiro atoms. The highest BCUT2D eigenvalue weighted by molar-refractivity contribution is 6.66. The van der Waals surface area contributed by atoms with Gasteiger partial charge in [-0.2, -0.15) is 0 Å². The van der Waals surface area contributed by atoms with Crippen LogP contribution in [0.15, 0.2) is 22.2 Å². The molecule has 7 heteroatoms. The van der Waals surface area contributed by atoms with Gasteiger partial charge in [-0.15, -0.1) is 34.8 Å². The van der Waals surface area contributed by atoms with E-state index in [1.165, 1.54) is 0 Å². The summed E-state index contributed by atoms with van der Waals surface area (Å²) < 4.78 is -1.48. The minimum Gasteiger partial charge on any atom is -0.118 e. The predicted molar refractivity (Wildman–Crippen MR) is 76.1 cm³/mol. The summed E-state index contributed by atoms with van der Waals surface area (Å²) in [7, 11) is 0. The third-order valence-electron chi connectivity index (χ3n) is 3.90. The van der Waals surface area contributed by atoms with Crippen LogP contribution in [0.25, 0.3) is 0 Å². The highest BCUT2D eigenvalue weighted by atomic mass is 35.5. The van der Waals surface area contributed by atoms with Gasteiger partial charge in [0.1, 0.15) is 9.75 Å². The summed E-state index contributed by atoms with van der Waals surface area (Å²) in [6.45, 7) is 0. The molecule has 0 aliphatic heterocycles. The number of alkyl halides is 5. The topological polar surface area (TPSA) is 0 Å². The Labute approximate surface area is 134 Å². The fourth-order valence-corrected chi connectivity index (χ4v) is 6.60. The summed E-state index contributed by atoms with van der Waals surface area (Å²) in [6, 6.07) is 0. The molecular formula is C10H5Cl7. The molecule has 0 radical (unpaired) electrons. The summed E-state index contributed by atoms with van der Waals surface area (Å²) in [5, 5.41) is 0.113. The Morgan fingerprint density at radius 3 is 2.00 bits per heavy atom. The minimum atomic E-state index is -1.48. The lowest BCUT2D eigenvalue weighted by Gasteiger charge is -2.34. The van der Waals surface area contributed by atoms with Gasteiger partial charge >= 0.3 is 0 Å². The number of allylic oxidation sites excluding steroid dienone is 4. The SMILES string of the molecule is ClC1=C(Cl)[C@]2(Cl)[C@@H]3C=CC(Cl)C3C1(Cl)C2(Cl)Cl. The third kappa shape index (κ3) is 1.15. The molecule has 3 rings (SSSR count). The average Bonchev–Trinajstić information content (AvgIpc) is 2.73. The molecule has 0 N–H and O–H groups in total. The standard InChI is InChI=1S/C10H5Cl7/c11-4-2-1-3-5(4)9(15)7(13)6(12)8(3,14)10(9,16)17/h1-5H/t3-,4?,5?,8-,9?/m1/s1. The second-order valence-corrected chi connectivity index (χ2v) is 8.29. The van der Waals surface area contributed by atoms with Gasteiger partial charge in [-0.05, 0) is 0 Å². The van der Waals surface area contributed by atoms with Crippen molar-refractivity contribution in [3.8, 4) is 0 Å². The van der Waals surface area contributed by atoms with Crippen molar-refractivity contribution in [1.82, 2.24) is 0 Å². The van der Waals surface area contributed by atoms with Crippen LogP contribution in [0, 0.1) is 11.8 Å². The van der Waals surface area contributed by atoms with Crippen molar-refractivity contribution >= 4 is 81.2 Å². The van der Waals surface area contributed by atoms with Crippen LogP contribution in [0.5, 0.6) is 0 Å². The lowest BCUT2D eigenvalue weighted by molar-refractivity contribution is 0.420. The highest BCUT2D eigenvalue weighted by Gasteiger charge is 2.83. The van der Waals surface area contributed by atoms with E-state index >= 15 is 0 Å². The molecule has 0 aromatic carbocycles. The largest absolute Gasteiger partial charge is 0.167 e. The van der Waals surface area contributed by atoms with Gasteiger partial charge in [0.2, 0.25) is 0 Å². The van der Waals surface area contributed by atoms with E-state index in [1.807, 2.05) is 12.2 Å². The lowest BCUT2D eigenvalue weighted by atomic mass is 9.84. The monoisotopic (exact) mass is 370 g/mol. The number of hydrogen-bond acceptors (Lipinski definition) is 0. The molecule has 0 saturated heterocycles. The van der Waals surface area contributed by atoms with Gasteiger partial charge < -0.3 is 0 Å². The Morgan fingerprint density at radius 2 is 1.41 bits per heavy atom. The maximum atomic E-state index is 6.57. The molecule has 3 aliphatic rings. The number of rotatable bonds is 0. The van der Waals surface area contributed by atoms with Crippen LogP contribution in [0.4, 0.5) is 0 Å². The van der Waals surface area contributed by atoms with E-state index in [1.54, 1.807) is 0 Å². The van der Waals surface area contributed by atoms with Gasteiger partial charge in [0.15, 0.2) is 4.33 Å². The van der Waals surface area contributed by atoms with E-state index in [0.29, 0.717) is 0 Å². The van der Waals surface area contributed by atoms with Gasteiger partial charge in [0.25, 0.3) is 0 Å². The fraction of sp³-hybridized carbons (Fsp3) is 0.600. The normalized spacial score (nSPS) is 54.6. The highest BCUT2D eigenvalue weighted by Crippen LogP contribution is 2.78. The smallest absolute Gasteiger partial charge is 0.118 e. The van der Waals surface area contributed by atoms with E-state index < -0.39 is 14.1 Å². The summed E-state index contributed by atoms with van der Waals surface area (Å²) in [6.07, 6.45) is 3.69. The average molecular weight is 373 g/mol. The van der Waals surface area contributed by atoms with Crippen LogP contribution in [0.2, 0.25) is 0 Å². The second-order valence-electron chi connectivity index (χ2n) is 4.51. The molecule has 2 bridgehead atoms. The van der Waals surface area contributed by atoms with Crippen LogP contribution >= 0.6 is 81.2 Å². The fourth-order valence-electron chi connectivity index (χ4n) is 3.08. The summed E-state index contributed by atoms with van der Waals surface area (Å²) in [5.74, 6) is -0.470. The number of halogens is 7. The Hall–Kier alpha value is 1.51. The molecule has 1 fully saturated rings. The van der Waals surface area contributed by atoms with Crippen LogP contribution in [0.3, 0.4) is 0 Å². The first kappa shape index (κ1) is 13.5. The van der Waals surface area contributed by atoms with Gasteiger partial charge in [0, 0.05) is 11.8 Å². The molecule has 3 unspecified atom stereocenters. The zero-order valence-electron chi connectivity index (χ0n) is 8.03. The molecule has 0 heterocycles. The van der Waals surface area contributed by atoms with Crippen molar-refractivity contribution in [3.05, 3.63) is 22.2 Å².